The molecule has 0 aromatic heterocycles. The number of rotatable bonds is 17. The van der Waals surface area contributed by atoms with Crippen molar-refractivity contribution in [1.82, 2.24) is 46.6 Å². The summed E-state index contributed by atoms with van der Waals surface area (Å²) in [6, 6.07) is 21.8. The van der Waals surface area contributed by atoms with Gasteiger partial charge in [-0.3, -0.25) is 33.6 Å². The first-order chi connectivity index (χ1) is 36.9. The van der Waals surface area contributed by atoms with Crippen LogP contribution in [-0.2, 0) is 54.7 Å². The molecular formula is C61H80FN9O7. The Labute approximate surface area is 459 Å². The van der Waals surface area contributed by atoms with E-state index in [-0.39, 0.29) is 67.4 Å². The van der Waals surface area contributed by atoms with Crippen molar-refractivity contribution >= 4 is 41.4 Å². The van der Waals surface area contributed by atoms with Gasteiger partial charge in [-0.2, -0.15) is 0 Å². The zero-order chi connectivity index (χ0) is 56.8. The van der Waals surface area contributed by atoms with Gasteiger partial charge in [-0.1, -0.05) is 120 Å². The molecule has 6 N–H and O–H groups in total. The van der Waals surface area contributed by atoms with E-state index in [2.05, 4.69) is 38.0 Å². The molecule has 0 bridgehead atoms. The highest BCUT2D eigenvalue weighted by Gasteiger charge is 2.47. The monoisotopic (exact) mass is 1070 g/mol. The van der Waals surface area contributed by atoms with Crippen LogP contribution in [0, 0.1) is 16.6 Å². The Balaban J connectivity index is 1.15. The molecule has 5 unspecified atom stereocenters. The number of aryl methyl sites for hydroxylation is 1. The number of likely N-dealkylation sites (tertiary alicyclic amines) is 1. The first kappa shape index (κ1) is 58.7. The van der Waals surface area contributed by atoms with E-state index < -0.39 is 88.6 Å². The third-order valence-electron chi connectivity index (χ3n) is 15.9. The third kappa shape index (κ3) is 13.5. The predicted octanol–water partition coefficient (Wildman–Crippen LogP) is 6.04. The number of hydrogen-bond acceptors (Lipinski definition) is 9. The van der Waals surface area contributed by atoms with E-state index in [4.69, 9.17) is 0 Å². The molecule has 1 fully saturated rings. The van der Waals surface area contributed by atoms with E-state index in [1.165, 1.54) is 16.5 Å². The van der Waals surface area contributed by atoms with Crippen molar-refractivity contribution in [2.75, 3.05) is 20.6 Å². The maximum Gasteiger partial charge on any atom is 0.251 e. The van der Waals surface area contributed by atoms with Crippen LogP contribution in [0.3, 0.4) is 0 Å². The maximum absolute atomic E-state index is 15.7. The van der Waals surface area contributed by atoms with Gasteiger partial charge in [0.25, 0.3) is 5.91 Å². The number of hydrogen-bond donors (Lipinski definition) is 6. The molecule has 0 radical (unpaired) electrons. The number of carbonyl (C=O) groups excluding carboxylic acids is 7. The summed E-state index contributed by atoms with van der Waals surface area (Å²) in [5, 5.41) is 18.0. The number of nitrogens with zero attached hydrogens (tertiary/aromatic N) is 3. The Morgan fingerprint density at radius 2 is 1.22 bits per heavy atom. The van der Waals surface area contributed by atoms with Crippen molar-refractivity contribution < 1.29 is 38.0 Å². The summed E-state index contributed by atoms with van der Waals surface area (Å²) < 4.78 is 15.7. The molecule has 1 aliphatic carbocycles. The standard InChI is InChI=1S/C61H80FN9O7/c1-36(63-10)53(72)67-51(60(4,5)6)58(77)70-34-43-21-13-12-20-42(43)31-50(70)57(76)69(38(3)45-23-16-17-25-47(45)62)33-39-27-29-41(30-28-39)55(74)65-44-32-49(56(75)66-48-26-18-22-40-19-14-15-24-46(40)48)71(35-44)59(78)52(61(7,8)9)68-54(73)37(2)64-11/h12-17,19-21,23-25,27-30,36-38,44,48-52,63-64H,18,22,26,31-35H2,1-11H3,(H,65,74)(H,66,75)(H,67,72)(H,68,73)/t36?,37?,38-,44+,48-,49+,50?,51?,52?/m1/s1. The summed E-state index contributed by atoms with van der Waals surface area (Å²) in [4.78, 5) is 105. The summed E-state index contributed by atoms with van der Waals surface area (Å²) >= 11 is 0. The predicted molar refractivity (Wildman–Crippen MR) is 298 cm³/mol. The van der Waals surface area contributed by atoms with Crippen molar-refractivity contribution in [1.29, 1.82) is 0 Å². The number of carbonyl (C=O) groups is 7. The average molecular weight is 1070 g/mol. The molecule has 4 aromatic rings. The number of amides is 7. The fraction of sp³-hybridized carbons (Fsp3) is 0.492. The summed E-state index contributed by atoms with van der Waals surface area (Å²) in [5.74, 6) is -3.29. The fourth-order valence-electron chi connectivity index (χ4n) is 10.8. The van der Waals surface area contributed by atoms with Crippen LogP contribution in [0.1, 0.15) is 137 Å². The van der Waals surface area contributed by atoms with Crippen LogP contribution in [0.15, 0.2) is 97.1 Å². The van der Waals surface area contributed by atoms with E-state index in [9.17, 15) is 28.8 Å². The van der Waals surface area contributed by atoms with Gasteiger partial charge < -0.3 is 46.6 Å². The lowest BCUT2D eigenvalue weighted by Crippen LogP contribution is -2.62. The molecule has 9 atom stereocenters. The summed E-state index contributed by atoms with van der Waals surface area (Å²) in [6.45, 7) is 16.4. The lowest BCUT2D eigenvalue weighted by molar-refractivity contribution is -0.152. The summed E-state index contributed by atoms with van der Waals surface area (Å²) in [7, 11) is 3.32. The van der Waals surface area contributed by atoms with E-state index in [1.807, 2.05) is 84.0 Å². The van der Waals surface area contributed by atoms with E-state index >= 15 is 9.18 Å². The molecule has 3 aliphatic rings. The minimum absolute atomic E-state index is 0.0140. The zero-order valence-electron chi connectivity index (χ0n) is 47.2. The van der Waals surface area contributed by atoms with Crippen LogP contribution >= 0.6 is 0 Å². The van der Waals surface area contributed by atoms with Crippen LogP contribution in [0.5, 0.6) is 0 Å². The largest absolute Gasteiger partial charge is 0.347 e. The first-order valence-corrected chi connectivity index (χ1v) is 27.4. The number of likely N-dealkylation sites (N-methyl/N-ethyl adjacent to an activating group) is 2. The highest BCUT2D eigenvalue weighted by molar-refractivity contribution is 5.97. The molecule has 16 nitrogen and oxygen atoms in total. The fourth-order valence-corrected chi connectivity index (χ4v) is 10.8. The number of fused-ring (bicyclic) bond motifs is 2. The van der Waals surface area contributed by atoms with Crippen molar-refractivity contribution in [3.63, 3.8) is 0 Å². The van der Waals surface area contributed by atoms with Gasteiger partial charge in [0.05, 0.1) is 24.2 Å². The molecule has 418 valence electrons. The molecule has 4 aromatic carbocycles. The Morgan fingerprint density at radius 3 is 1.81 bits per heavy atom. The van der Waals surface area contributed by atoms with E-state index in [1.54, 1.807) is 87.1 Å². The molecule has 1 saturated heterocycles. The van der Waals surface area contributed by atoms with Crippen LogP contribution in [0.25, 0.3) is 0 Å². The number of benzene rings is 4. The Morgan fingerprint density at radius 1 is 0.667 bits per heavy atom. The lowest BCUT2D eigenvalue weighted by Gasteiger charge is -2.43. The lowest BCUT2D eigenvalue weighted by atomic mass is 9.84. The normalized spacial score (nSPS) is 20.2. The Hall–Kier alpha value is -6.98. The van der Waals surface area contributed by atoms with Crippen LogP contribution < -0.4 is 31.9 Å². The molecule has 0 saturated carbocycles. The highest BCUT2D eigenvalue weighted by atomic mass is 19.1. The second-order valence-corrected chi connectivity index (χ2v) is 23.5. The molecule has 2 heterocycles. The second-order valence-electron chi connectivity index (χ2n) is 23.5. The maximum atomic E-state index is 15.7. The van der Waals surface area contributed by atoms with Gasteiger partial charge in [0, 0.05) is 43.2 Å². The van der Waals surface area contributed by atoms with Crippen molar-refractivity contribution in [2.24, 2.45) is 10.8 Å². The molecule has 2 aliphatic heterocycles. The van der Waals surface area contributed by atoms with Crippen LogP contribution in [0.4, 0.5) is 4.39 Å². The molecular weight excluding hydrogens is 990 g/mol. The molecule has 7 rings (SSSR count). The SMILES string of the molecule is CNC(C)C(=O)NC(C(=O)N1Cc2ccccc2CC1C(=O)N(Cc1ccc(C(=O)N[C@H]2C[C@@H](C(=O)N[C@@H]3CCCc4ccccc43)N(C(=O)C(NC(=O)C(C)NC)C(C)(C)C)C2)cc1)[C@H](C)c1ccccc1F)C(C)(C)C. The van der Waals surface area contributed by atoms with Gasteiger partial charge in [-0.15, -0.1) is 0 Å². The van der Waals surface area contributed by atoms with Gasteiger partial charge in [-0.25, -0.2) is 4.39 Å². The zero-order valence-corrected chi connectivity index (χ0v) is 47.2. The molecule has 78 heavy (non-hydrogen) atoms. The van der Waals surface area contributed by atoms with Crippen molar-refractivity contribution in [3.8, 4) is 0 Å². The van der Waals surface area contributed by atoms with Crippen LogP contribution in [0.2, 0.25) is 0 Å². The van der Waals surface area contributed by atoms with Gasteiger partial charge >= 0.3 is 0 Å². The minimum Gasteiger partial charge on any atom is -0.347 e. The smallest absolute Gasteiger partial charge is 0.251 e. The van der Waals surface area contributed by atoms with E-state index in [0.717, 1.165) is 36.0 Å². The van der Waals surface area contributed by atoms with Gasteiger partial charge in [0.15, 0.2) is 0 Å². The third-order valence-corrected chi connectivity index (χ3v) is 15.9. The van der Waals surface area contributed by atoms with Gasteiger partial charge in [-0.05, 0) is 117 Å². The average Bonchev–Trinajstić information content (AvgIpc) is 3.91. The van der Waals surface area contributed by atoms with Crippen molar-refractivity contribution in [2.45, 2.75) is 162 Å². The van der Waals surface area contributed by atoms with Crippen LogP contribution in [-0.4, -0.2) is 119 Å². The summed E-state index contributed by atoms with van der Waals surface area (Å²) in [5.41, 5.74) is 3.68. The van der Waals surface area contributed by atoms with Gasteiger partial charge in [0.1, 0.15) is 30.0 Å². The molecule has 0 spiro atoms. The first-order valence-electron chi connectivity index (χ1n) is 27.4. The van der Waals surface area contributed by atoms with E-state index in [0.29, 0.717) is 5.56 Å². The summed E-state index contributed by atoms with van der Waals surface area (Å²) in [6.07, 6.45) is 2.84. The molecule has 7 amide bonds. The topological polar surface area (TPSA) is 201 Å². The quantitative estimate of drug-likeness (QED) is 0.0730. The van der Waals surface area contributed by atoms with Gasteiger partial charge in [0.2, 0.25) is 35.4 Å². The minimum atomic E-state index is -1.02. The number of nitrogens with one attached hydrogen (secondary N) is 6. The highest BCUT2D eigenvalue weighted by Crippen LogP contribution is 2.35. The Kier molecular flexibility index (Phi) is 18.6. The second kappa shape index (κ2) is 24.8. The molecule has 17 heteroatoms. The van der Waals surface area contributed by atoms with Crippen molar-refractivity contribution in [3.05, 3.63) is 142 Å². The Bertz CT molecular complexity index is 2850. The number of halogens is 1.